The van der Waals surface area contributed by atoms with Gasteiger partial charge in [-0.2, -0.15) is 10.4 Å². The Morgan fingerprint density at radius 2 is 1.92 bits per heavy atom. The number of anilines is 1. The van der Waals surface area contributed by atoms with Gasteiger partial charge in [0.05, 0.1) is 28.3 Å². The van der Waals surface area contributed by atoms with E-state index in [0.29, 0.717) is 53.1 Å². The van der Waals surface area contributed by atoms with Crippen molar-refractivity contribution in [1.82, 2.24) is 14.4 Å². The van der Waals surface area contributed by atoms with E-state index in [4.69, 9.17) is 26.1 Å². The zero-order valence-corrected chi connectivity index (χ0v) is 20.4. The van der Waals surface area contributed by atoms with Gasteiger partial charge in [-0.15, -0.1) is 0 Å². The summed E-state index contributed by atoms with van der Waals surface area (Å²) in [5, 5.41) is 15.6. The zero-order chi connectivity index (χ0) is 24.8. The lowest BCUT2D eigenvalue weighted by Gasteiger charge is -2.18. The normalized spacial score (nSPS) is 13.1. The third-order valence-electron chi connectivity index (χ3n) is 6.42. The van der Waals surface area contributed by atoms with Crippen molar-refractivity contribution in [3.63, 3.8) is 0 Å². The molecule has 1 aliphatic rings. The number of benzene rings is 2. The largest absolute Gasteiger partial charge is 0.486 e. The third-order valence-corrected chi connectivity index (χ3v) is 6.72. The highest BCUT2D eigenvalue weighted by Crippen LogP contribution is 2.35. The van der Waals surface area contributed by atoms with Gasteiger partial charge in [-0.3, -0.25) is 9.83 Å². The molecule has 4 heterocycles. The Hall–Kier alpha value is -4.35. The number of hydrazone groups is 1. The standard InChI is InChI=1S/C27H21ClN6O2/c1-3-18-15(2)19(13-29)26-32-20-6-4-5-7-22(20)34(26)27(18)33-30-14-17-10-16-11-23-24(36-9-8-35-23)12-21(16)31-25(17)28/h4-7,10-12,14,33H,3,8-9H2,1-2H3. The Morgan fingerprint density at radius 1 is 1.14 bits per heavy atom. The first-order valence-electron chi connectivity index (χ1n) is 11.6. The van der Waals surface area contributed by atoms with Crippen LogP contribution in [0.5, 0.6) is 11.5 Å². The van der Waals surface area contributed by atoms with Crippen molar-refractivity contribution in [3.8, 4) is 17.6 Å². The van der Waals surface area contributed by atoms with Crippen molar-refractivity contribution in [2.45, 2.75) is 20.3 Å². The van der Waals surface area contributed by atoms with Crippen LogP contribution in [0.2, 0.25) is 5.15 Å². The van der Waals surface area contributed by atoms with E-state index in [-0.39, 0.29) is 0 Å². The van der Waals surface area contributed by atoms with Crippen molar-refractivity contribution in [3.05, 3.63) is 69.9 Å². The number of aromatic nitrogens is 3. The van der Waals surface area contributed by atoms with E-state index >= 15 is 0 Å². The molecular formula is C27H21ClN6O2. The molecule has 1 N–H and O–H groups in total. The summed E-state index contributed by atoms with van der Waals surface area (Å²) in [6, 6.07) is 15.8. The summed E-state index contributed by atoms with van der Waals surface area (Å²) in [4.78, 5) is 9.25. The van der Waals surface area contributed by atoms with Crippen LogP contribution in [0.4, 0.5) is 5.82 Å². The fraction of sp³-hybridized carbons (Fsp3) is 0.185. The van der Waals surface area contributed by atoms with Crippen molar-refractivity contribution < 1.29 is 9.47 Å². The lowest BCUT2D eigenvalue weighted by molar-refractivity contribution is 0.172. The van der Waals surface area contributed by atoms with Gasteiger partial charge < -0.3 is 9.47 Å². The van der Waals surface area contributed by atoms with Crippen LogP contribution >= 0.6 is 11.6 Å². The van der Waals surface area contributed by atoms with Crippen molar-refractivity contribution in [2.75, 3.05) is 18.6 Å². The Bertz CT molecular complexity index is 1750. The summed E-state index contributed by atoms with van der Waals surface area (Å²) in [5.74, 6) is 2.12. The highest BCUT2D eigenvalue weighted by molar-refractivity contribution is 6.32. The minimum absolute atomic E-state index is 0.328. The summed E-state index contributed by atoms with van der Waals surface area (Å²) < 4.78 is 13.3. The Morgan fingerprint density at radius 3 is 2.69 bits per heavy atom. The molecule has 0 saturated heterocycles. The van der Waals surface area contributed by atoms with Gasteiger partial charge in [-0.25, -0.2) is 9.97 Å². The first-order chi connectivity index (χ1) is 17.6. The van der Waals surface area contributed by atoms with Crippen LogP contribution in [0, 0.1) is 18.3 Å². The van der Waals surface area contributed by atoms with Gasteiger partial charge in [0.25, 0.3) is 0 Å². The minimum Gasteiger partial charge on any atom is -0.486 e. The molecule has 8 nitrogen and oxygen atoms in total. The van der Waals surface area contributed by atoms with Gasteiger partial charge in [-0.1, -0.05) is 30.7 Å². The summed E-state index contributed by atoms with van der Waals surface area (Å²) in [6.45, 7) is 5.03. The van der Waals surface area contributed by atoms with E-state index in [2.05, 4.69) is 28.5 Å². The number of nitriles is 1. The number of imidazole rings is 1. The maximum Gasteiger partial charge on any atom is 0.163 e. The van der Waals surface area contributed by atoms with Crippen molar-refractivity contribution in [1.29, 1.82) is 5.26 Å². The Balaban J connectivity index is 1.44. The molecule has 0 bridgehead atoms. The van der Waals surface area contributed by atoms with E-state index in [1.807, 2.05) is 53.8 Å². The van der Waals surface area contributed by atoms with Crippen LogP contribution in [0.15, 0.2) is 47.6 Å². The van der Waals surface area contributed by atoms with Gasteiger partial charge in [0.15, 0.2) is 17.1 Å². The second-order valence-electron chi connectivity index (χ2n) is 8.48. The maximum absolute atomic E-state index is 9.88. The van der Waals surface area contributed by atoms with Gasteiger partial charge in [0.1, 0.15) is 30.3 Å². The molecule has 178 valence electrons. The molecule has 0 radical (unpaired) electrons. The summed E-state index contributed by atoms with van der Waals surface area (Å²) in [5.41, 5.74) is 9.33. The first kappa shape index (κ1) is 22.1. The molecule has 0 amide bonds. The Kier molecular flexibility index (Phi) is 5.35. The highest BCUT2D eigenvalue weighted by Gasteiger charge is 2.20. The monoisotopic (exact) mass is 496 g/mol. The van der Waals surface area contributed by atoms with Gasteiger partial charge in [-0.05, 0) is 48.7 Å². The first-order valence-corrected chi connectivity index (χ1v) is 12.0. The molecule has 5 aromatic rings. The Labute approximate surface area is 211 Å². The number of fused-ring (bicyclic) bond motifs is 5. The topological polar surface area (TPSA) is 96.8 Å². The third kappa shape index (κ3) is 3.48. The molecule has 1 aliphatic heterocycles. The smallest absolute Gasteiger partial charge is 0.163 e. The van der Waals surface area contributed by atoms with Crippen LogP contribution in [0.3, 0.4) is 0 Å². The number of hydrogen-bond donors (Lipinski definition) is 1. The van der Waals surface area contributed by atoms with Crippen molar-refractivity contribution >= 4 is 51.2 Å². The maximum atomic E-state index is 9.88. The SMILES string of the molecule is CCc1c(C)c(C#N)c2nc3ccccc3n2c1NN=Cc1cc2cc3c(cc2nc1Cl)OCCO3. The predicted molar refractivity (Wildman–Crippen MR) is 140 cm³/mol. The summed E-state index contributed by atoms with van der Waals surface area (Å²) >= 11 is 6.49. The van der Waals surface area contributed by atoms with Crippen LogP contribution in [0.1, 0.15) is 29.2 Å². The van der Waals surface area contributed by atoms with E-state index in [1.54, 1.807) is 6.21 Å². The molecule has 0 atom stereocenters. The van der Waals surface area contributed by atoms with E-state index in [1.165, 1.54) is 0 Å². The van der Waals surface area contributed by atoms with Crippen LogP contribution in [-0.2, 0) is 6.42 Å². The van der Waals surface area contributed by atoms with E-state index in [0.717, 1.165) is 38.9 Å². The number of nitrogens with zero attached hydrogens (tertiary/aromatic N) is 5. The van der Waals surface area contributed by atoms with Gasteiger partial charge in [0, 0.05) is 17.0 Å². The van der Waals surface area contributed by atoms with Crippen LogP contribution < -0.4 is 14.9 Å². The number of hydrogen-bond acceptors (Lipinski definition) is 7. The molecule has 9 heteroatoms. The second kappa shape index (κ2) is 8.70. The van der Waals surface area contributed by atoms with Gasteiger partial charge >= 0.3 is 0 Å². The van der Waals surface area contributed by atoms with Crippen molar-refractivity contribution in [2.24, 2.45) is 5.10 Å². The van der Waals surface area contributed by atoms with Crippen LogP contribution in [-0.4, -0.2) is 33.8 Å². The average molecular weight is 497 g/mol. The highest BCUT2D eigenvalue weighted by atomic mass is 35.5. The average Bonchev–Trinajstić information content (AvgIpc) is 3.27. The van der Waals surface area contributed by atoms with Gasteiger partial charge in [0.2, 0.25) is 0 Å². The molecule has 0 spiro atoms. The number of nitrogens with one attached hydrogen (secondary N) is 1. The molecule has 0 unspecified atom stereocenters. The quantitative estimate of drug-likeness (QED) is 0.196. The van der Waals surface area contributed by atoms with E-state index < -0.39 is 0 Å². The number of pyridine rings is 2. The zero-order valence-electron chi connectivity index (χ0n) is 19.7. The summed E-state index contributed by atoms with van der Waals surface area (Å²) in [6.07, 6.45) is 2.36. The lowest BCUT2D eigenvalue weighted by atomic mass is 10.0. The fourth-order valence-corrected chi connectivity index (χ4v) is 4.89. The number of ether oxygens (including phenoxy) is 2. The number of rotatable bonds is 4. The lowest BCUT2D eigenvalue weighted by Crippen LogP contribution is -2.15. The number of halogens is 1. The predicted octanol–water partition coefficient (Wildman–Crippen LogP) is 5.65. The molecule has 0 aliphatic carbocycles. The van der Waals surface area contributed by atoms with E-state index in [9.17, 15) is 5.26 Å². The fourth-order valence-electron chi connectivity index (χ4n) is 4.69. The molecule has 0 saturated carbocycles. The minimum atomic E-state index is 0.328. The second-order valence-corrected chi connectivity index (χ2v) is 8.84. The molecule has 3 aromatic heterocycles. The number of para-hydroxylation sites is 2. The van der Waals surface area contributed by atoms with Crippen LogP contribution in [0.25, 0.3) is 27.6 Å². The molecule has 0 fully saturated rings. The molecular weight excluding hydrogens is 476 g/mol. The molecule has 36 heavy (non-hydrogen) atoms. The summed E-state index contributed by atoms with van der Waals surface area (Å²) in [7, 11) is 0. The molecule has 6 rings (SSSR count). The molecule has 2 aromatic carbocycles.